The summed E-state index contributed by atoms with van der Waals surface area (Å²) in [6.45, 7) is 0. The molecule has 4 aromatic rings. The first-order chi connectivity index (χ1) is 13.3. The number of aromatic nitrogens is 4. The number of benzene rings is 1. The van der Waals surface area contributed by atoms with Gasteiger partial charge in [-0.1, -0.05) is 24.3 Å². The number of fused-ring (bicyclic) bond motifs is 2. The fourth-order valence-electron chi connectivity index (χ4n) is 3.85. The third-order valence-electron chi connectivity index (χ3n) is 5.30. The second-order valence-corrected chi connectivity index (χ2v) is 6.90. The summed E-state index contributed by atoms with van der Waals surface area (Å²) in [7, 11) is 0. The Morgan fingerprint density at radius 3 is 2.96 bits per heavy atom. The highest BCUT2D eigenvalue weighted by Crippen LogP contribution is 2.36. The van der Waals surface area contributed by atoms with E-state index < -0.39 is 0 Å². The molecule has 1 aliphatic carbocycles. The van der Waals surface area contributed by atoms with Gasteiger partial charge in [0.1, 0.15) is 6.33 Å². The van der Waals surface area contributed by atoms with Crippen molar-refractivity contribution in [3.63, 3.8) is 0 Å². The minimum absolute atomic E-state index is 0.137. The van der Waals surface area contributed by atoms with Crippen LogP contribution < -0.4 is 0 Å². The van der Waals surface area contributed by atoms with Gasteiger partial charge in [0.15, 0.2) is 0 Å². The molecule has 1 aromatic carbocycles. The Kier molecular flexibility index (Phi) is 3.68. The Bertz CT molecular complexity index is 1230. The van der Waals surface area contributed by atoms with E-state index in [9.17, 15) is 0 Å². The van der Waals surface area contributed by atoms with Crippen LogP contribution in [0.5, 0.6) is 0 Å². The van der Waals surface area contributed by atoms with E-state index in [1.807, 2.05) is 35.2 Å². The minimum Gasteiger partial charge on any atom is -0.244 e. The van der Waals surface area contributed by atoms with Crippen molar-refractivity contribution < 1.29 is 0 Å². The van der Waals surface area contributed by atoms with Gasteiger partial charge in [0.25, 0.3) is 0 Å². The highest BCUT2D eigenvalue weighted by Gasteiger charge is 2.19. The molecule has 3 aromatic heterocycles. The summed E-state index contributed by atoms with van der Waals surface area (Å²) in [6.07, 6.45) is 12.2. The van der Waals surface area contributed by atoms with Gasteiger partial charge in [-0.25, -0.2) is 14.5 Å². The molecule has 0 bridgehead atoms. The summed E-state index contributed by atoms with van der Waals surface area (Å²) in [4.78, 5) is 8.47. The van der Waals surface area contributed by atoms with Crippen molar-refractivity contribution in [3.05, 3.63) is 66.9 Å². The molecular formula is C22H17N5. The number of rotatable bonds is 2. The number of hydrogen-bond acceptors (Lipinski definition) is 4. The molecule has 5 rings (SSSR count). The molecule has 1 atom stereocenters. The number of allylic oxidation sites excluding steroid dienone is 2. The molecule has 5 nitrogen and oxygen atoms in total. The van der Waals surface area contributed by atoms with Crippen LogP contribution in [-0.4, -0.2) is 19.6 Å². The zero-order valence-corrected chi connectivity index (χ0v) is 14.7. The smallest absolute Gasteiger partial charge is 0.116 e. The molecule has 130 valence electrons. The maximum absolute atomic E-state index is 9.16. The van der Waals surface area contributed by atoms with Crippen LogP contribution in [0.1, 0.15) is 24.8 Å². The van der Waals surface area contributed by atoms with Crippen LogP contribution in [0.3, 0.4) is 0 Å². The molecule has 1 aliphatic rings. The van der Waals surface area contributed by atoms with Crippen LogP contribution in [0.25, 0.3) is 33.1 Å². The summed E-state index contributed by atoms with van der Waals surface area (Å²) in [6, 6.07) is 12.8. The van der Waals surface area contributed by atoms with Gasteiger partial charge in [-0.2, -0.15) is 10.4 Å². The Hall–Kier alpha value is -3.52. The molecule has 0 saturated carbocycles. The predicted octanol–water partition coefficient (Wildman–Crippen LogP) is 4.65. The van der Waals surface area contributed by atoms with Crippen molar-refractivity contribution >= 4 is 22.0 Å². The lowest BCUT2D eigenvalue weighted by molar-refractivity contribution is 0.604. The zero-order valence-electron chi connectivity index (χ0n) is 14.7. The standard InChI is InChI=1S/C22H17N5/c23-11-15-3-5-16(6-4-15)19-2-1-9-27-22(19)20(13-26-27)17-7-8-18-12-24-14-25-21(18)10-17/h1-2,5,7-10,12-15H,3-4,6H2. The van der Waals surface area contributed by atoms with Gasteiger partial charge in [-0.05, 0) is 42.5 Å². The van der Waals surface area contributed by atoms with Gasteiger partial charge in [0.05, 0.1) is 29.2 Å². The predicted molar refractivity (Wildman–Crippen MR) is 105 cm³/mol. The number of nitriles is 1. The minimum atomic E-state index is 0.137. The summed E-state index contributed by atoms with van der Waals surface area (Å²) in [5.41, 5.74) is 6.71. The van der Waals surface area contributed by atoms with Gasteiger partial charge in [-0.15, -0.1) is 0 Å². The third-order valence-corrected chi connectivity index (χ3v) is 5.30. The molecular weight excluding hydrogens is 334 g/mol. The maximum atomic E-state index is 9.16. The van der Waals surface area contributed by atoms with Crippen molar-refractivity contribution in [1.82, 2.24) is 19.6 Å². The van der Waals surface area contributed by atoms with Crippen LogP contribution in [0.2, 0.25) is 0 Å². The highest BCUT2D eigenvalue weighted by atomic mass is 15.2. The van der Waals surface area contributed by atoms with Crippen LogP contribution in [0.4, 0.5) is 0 Å². The normalized spacial score (nSPS) is 17.0. The van der Waals surface area contributed by atoms with Crippen molar-refractivity contribution in [2.45, 2.75) is 19.3 Å². The first kappa shape index (κ1) is 15.7. The topological polar surface area (TPSA) is 66.9 Å². The second-order valence-electron chi connectivity index (χ2n) is 6.90. The van der Waals surface area contributed by atoms with Crippen LogP contribution in [-0.2, 0) is 0 Å². The van der Waals surface area contributed by atoms with Gasteiger partial charge < -0.3 is 0 Å². The molecule has 0 radical (unpaired) electrons. The molecule has 0 saturated heterocycles. The van der Waals surface area contributed by atoms with Crippen LogP contribution >= 0.6 is 0 Å². The zero-order chi connectivity index (χ0) is 18.2. The molecule has 0 aliphatic heterocycles. The van der Waals surface area contributed by atoms with E-state index in [0.29, 0.717) is 0 Å². The SMILES string of the molecule is N#CC1CC=C(c2cccn3ncc(-c4ccc5cncnc5c4)c23)CC1. The lowest BCUT2D eigenvalue weighted by Gasteiger charge is -2.18. The molecule has 0 fully saturated rings. The third kappa shape index (κ3) is 2.67. The fourth-order valence-corrected chi connectivity index (χ4v) is 3.85. The van der Waals surface area contributed by atoms with Gasteiger partial charge in [0, 0.05) is 28.9 Å². The lowest BCUT2D eigenvalue weighted by Crippen LogP contribution is -2.04. The van der Waals surface area contributed by atoms with Gasteiger partial charge in [0.2, 0.25) is 0 Å². The summed E-state index contributed by atoms with van der Waals surface area (Å²) in [5, 5.41) is 14.8. The Morgan fingerprint density at radius 2 is 2.11 bits per heavy atom. The summed E-state index contributed by atoms with van der Waals surface area (Å²) in [5.74, 6) is 0.137. The quantitative estimate of drug-likeness (QED) is 0.527. The van der Waals surface area contributed by atoms with Crippen LogP contribution in [0.15, 0.2) is 61.3 Å². The maximum Gasteiger partial charge on any atom is 0.116 e. The largest absolute Gasteiger partial charge is 0.244 e. The molecule has 5 heteroatoms. The van der Waals surface area contributed by atoms with E-state index in [1.54, 1.807) is 6.33 Å². The average molecular weight is 351 g/mol. The molecule has 0 spiro atoms. The first-order valence-electron chi connectivity index (χ1n) is 9.09. The highest BCUT2D eigenvalue weighted by molar-refractivity contribution is 5.93. The van der Waals surface area contributed by atoms with E-state index in [-0.39, 0.29) is 5.92 Å². The van der Waals surface area contributed by atoms with Gasteiger partial charge >= 0.3 is 0 Å². The number of hydrogen-bond donors (Lipinski definition) is 0. The Labute approximate surface area is 156 Å². The molecule has 3 heterocycles. The van der Waals surface area contributed by atoms with E-state index in [4.69, 9.17) is 5.26 Å². The monoisotopic (exact) mass is 351 g/mol. The van der Waals surface area contributed by atoms with Gasteiger partial charge in [-0.3, -0.25) is 0 Å². The van der Waals surface area contributed by atoms with E-state index in [2.05, 4.69) is 45.4 Å². The van der Waals surface area contributed by atoms with E-state index in [1.165, 1.54) is 11.1 Å². The lowest BCUT2D eigenvalue weighted by atomic mass is 9.86. The summed E-state index contributed by atoms with van der Waals surface area (Å²) >= 11 is 0. The molecule has 1 unspecified atom stereocenters. The van der Waals surface area contributed by atoms with E-state index >= 15 is 0 Å². The first-order valence-corrected chi connectivity index (χ1v) is 9.09. The Balaban J connectivity index is 1.67. The van der Waals surface area contributed by atoms with Crippen molar-refractivity contribution in [1.29, 1.82) is 5.26 Å². The van der Waals surface area contributed by atoms with Crippen molar-refractivity contribution in [2.75, 3.05) is 0 Å². The average Bonchev–Trinajstić information content (AvgIpc) is 3.18. The van der Waals surface area contributed by atoms with Crippen molar-refractivity contribution in [3.8, 4) is 17.2 Å². The fraction of sp³-hybridized carbons (Fsp3) is 0.182. The molecule has 0 N–H and O–H groups in total. The summed E-state index contributed by atoms with van der Waals surface area (Å²) < 4.78 is 1.94. The van der Waals surface area contributed by atoms with Crippen LogP contribution in [0, 0.1) is 17.2 Å². The second kappa shape index (κ2) is 6.33. The Morgan fingerprint density at radius 1 is 1.15 bits per heavy atom. The van der Waals surface area contributed by atoms with Crippen molar-refractivity contribution in [2.24, 2.45) is 5.92 Å². The number of pyridine rings is 1. The number of nitrogens with zero attached hydrogens (tertiary/aromatic N) is 5. The molecule has 27 heavy (non-hydrogen) atoms. The molecule has 0 amide bonds. The van der Waals surface area contributed by atoms with E-state index in [0.717, 1.165) is 46.8 Å².